The van der Waals surface area contributed by atoms with Crippen LogP contribution < -0.4 is 5.32 Å². The molecule has 1 aromatic rings. The van der Waals surface area contributed by atoms with Gasteiger partial charge in [0.25, 0.3) is 0 Å². The minimum absolute atomic E-state index is 0.536. The monoisotopic (exact) mass is 285 g/mol. The fourth-order valence-electron chi connectivity index (χ4n) is 2.30. The Morgan fingerprint density at radius 3 is 3.06 bits per heavy atom. The highest BCUT2D eigenvalue weighted by molar-refractivity contribution is 9.10. The van der Waals surface area contributed by atoms with Gasteiger partial charge in [-0.3, -0.25) is 4.68 Å². The van der Waals surface area contributed by atoms with Crippen molar-refractivity contribution >= 4 is 15.9 Å². The Balaban J connectivity index is 2.18. The van der Waals surface area contributed by atoms with E-state index in [9.17, 15) is 0 Å². The van der Waals surface area contributed by atoms with Crippen LogP contribution in [0.1, 0.15) is 38.4 Å². The molecule has 0 saturated carbocycles. The molecule has 2 heterocycles. The van der Waals surface area contributed by atoms with Crippen molar-refractivity contribution in [2.75, 3.05) is 13.1 Å². The molecule has 1 aliphatic heterocycles. The molecule has 3 nitrogen and oxygen atoms in total. The van der Waals surface area contributed by atoms with Gasteiger partial charge in [0.2, 0.25) is 0 Å². The molecule has 1 N–H and O–H groups in total. The Labute approximate surface area is 106 Å². The van der Waals surface area contributed by atoms with Gasteiger partial charge in [0.05, 0.1) is 22.4 Å². The van der Waals surface area contributed by atoms with Crippen molar-refractivity contribution in [3.05, 3.63) is 16.4 Å². The lowest BCUT2D eigenvalue weighted by Crippen LogP contribution is -2.33. The molecule has 0 aromatic carbocycles. The van der Waals surface area contributed by atoms with Gasteiger partial charge in [-0.05, 0) is 47.7 Å². The Morgan fingerprint density at radius 1 is 1.62 bits per heavy atom. The highest BCUT2D eigenvalue weighted by Gasteiger charge is 2.20. The fourth-order valence-corrected chi connectivity index (χ4v) is 2.74. The predicted molar refractivity (Wildman–Crippen MR) is 69.6 cm³/mol. The molecule has 1 saturated heterocycles. The lowest BCUT2D eigenvalue weighted by Gasteiger charge is -2.25. The summed E-state index contributed by atoms with van der Waals surface area (Å²) in [5.41, 5.74) is 1.35. The van der Waals surface area contributed by atoms with Gasteiger partial charge in [-0.1, -0.05) is 13.8 Å². The Kier molecular flexibility index (Phi) is 4.03. The molecule has 0 radical (unpaired) electrons. The molecule has 1 unspecified atom stereocenters. The summed E-state index contributed by atoms with van der Waals surface area (Å²) in [7, 11) is 0. The normalized spacial score (nSPS) is 21.6. The van der Waals surface area contributed by atoms with Gasteiger partial charge in [0, 0.05) is 6.54 Å². The molecule has 0 aliphatic carbocycles. The van der Waals surface area contributed by atoms with Crippen molar-refractivity contribution in [3.8, 4) is 0 Å². The summed E-state index contributed by atoms with van der Waals surface area (Å²) >= 11 is 3.61. The fraction of sp³-hybridized carbons (Fsp3) is 0.750. The van der Waals surface area contributed by atoms with E-state index in [0.29, 0.717) is 12.0 Å². The third-order valence-corrected chi connectivity index (χ3v) is 3.73. The number of nitrogens with one attached hydrogen (secondary N) is 1. The first-order chi connectivity index (χ1) is 7.68. The number of aromatic nitrogens is 2. The number of hydrogen-bond donors (Lipinski definition) is 1. The average molecular weight is 286 g/mol. The van der Waals surface area contributed by atoms with Crippen LogP contribution in [0.5, 0.6) is 0 Å². The largest absolute Gasteiger partial charge is 0.315 e. The average Bonchev–Trinajstić information content (AvgIpc) is 2.61. The zero-order valence-electron chi connectivity index (χ0n) is 10.0. The van der Waals surface area contributed by atoms with Gasteiger partial charge in [-0.15, -0.1) is 0 Å². The standard InChI is InChI=1S/C12H20BrN3/c1-9(2)6-12-11(13)8-15-16(12)10-4-3-5-14-7-10/h8-10,14H,3-7H2,1-2H3. The zero-order chi connectivity index (χ0) is 11.5. The number of halogens is 1. The maximum atomic E-state index is 4.52. The summed E-state index contributed by atoms with van der Waals surface area (Å²) in [5.74, 6) is 0.670. The topological polar surface area (TPSA) is 29.9 Å². The molecule has 90 valence electrons. The lowest BCUT2D eigenvalue weighted by molar-refractivity contribution is 0.335. The predicted octanol–water partition coefficient (Wildman–Crippen LogP) is 2.77. The summed E-state index contributed by atoms with van der Waals surface area (Å²) in [6, 6.07) is 0.536. The lowest BCUT2D eigenvalue weighted by atomic mass is 10.1. The number of rotatable bonds is 3. The molecule has 2 rings (SSSR count). The van der Waals surface area contributed by atoms with E-state index in [1.54, 1.807) is 0 Å². The summed E-state index contributed by atoms with van der Waals surface area (Å²) in [6.07, 6.45) is 5.53. The van der Waals surface area contributed by atoms with Crippen LogP contribution in [0.25, 0.3) is 0 Å². The van der Waals surface area contributed by atoms with E-state index in [4.69, 9.17) is 0 Å². The maximum absolute atomic E-state index is 4.52. The van der Waals surface area contributed by atoms with Crippen LogP contribution >= 0.6 is 15.9 Å². The van der Waals surface area contributed by atoms with Crippen molar-refractivity contribution < 1.29 is 0 Å². The maximum Gasteiger partial charge on any atom is 0.0647 e. The second kappa shape index (κ2) is 5.32. The van der Waals surface area contributed by atoms with Gasteiger partial charge in [0.1, 0.15) is 0 Å². The molecule has 0 bridgehead atoms. The summed E-state index contributed by atoms with van der Waals surface area (Å²) in [5, 5.41) is 7.97. The first kappa shape index (κ1) is 12.1. The van der Waals surface area contributed by atoms with E-state index in [1.807, 2.05) is 6.20 Å². The third-order valence-electron chi connectivity index (χ3n) is 3.07. The Morgan fingerprint density at radius 2 is 2.44 bits per heavy atom. The van der Waals surface area contributed by atoms with Crippen LogP contribution in [0, 0.1) is 5.92 Å². The molecular weight excluding hydrogens is 266 g/mol. The highest BCUT2D eigenvalue weighted by atomic mass is 79.9. The van der Waals surface area contributed by atoms with E-state index in [2.05, 4.69) is 44.9 Å². The van der Waals surface area contributed by atoms with E-state index in [0.717, 1.165) is 24.0 Å². The van der Waals surface area contributed by atoms with Gasteiger partial charge in [-0.2, -0.15) is 5.10 Å². The Hall–Kier alpha value is -0.350. The molecule has 1 aromatic heterocycles. The van der Waals surface area contributed by atoms with Gasteiger partial charge < -0.3 is 5.32 Å². The van der Waals surface area contributed by atoms with E-state index < -0.39 is 0 Å². The number of hydrogen-bond acceptors (Lipinski definition) is 2. The molecular formula is C12H20BrN3. The van der Waals surface area contributed by atoms with E-state index in [1.165, 1.54) is 18.5 Å². The SMILES string of the molecule is CC(C)Cc1c(Br)cnn1C1CCCNC1. The van der Waals surface area contributed by atoms with Gasteiger partial charge in [0.15, 0.2) is 0 Å². The quantitative estimate of drug-likeness (QED) is 0.926. The van der Waals surface area contributed by atoms with Crippen molar-refractivity contribution in [2.24, 2.45) is 5.92 Å². The van der Waals surface area contributed by atoms with Gasteiger partial charge in [-0.25, -0.2) is 0 Å². The minimum Gasteiger partial charge on any atom is -0.315 e. The first-order valence-corrected chi connectivity index (χ1v) is 6.90. The van der Waals surface area contributed by atoms with Crippen LogP contribution in [0.3, 0.4) is 0 Å². The number of nitrogens with zero attached hydrogens (tertiary/aromatic N) is 2. The minimum atomic E-state index is 0.536. The summed E-state index contributed by atoms with van der Waals surface area (Å²) in [4.78, 5) is 0. The molecule has 1 fully saturated rings. The Bertz CT molecular complexity index is 340. The molecule has 0 amide bonds. The summed E-state index contributed by atoms with van der Waals surface area (Å²) < 4.78 is 3.38. The van der Waals surface area contributed by atoms with Crippen LogP contribution in [0.4, 0.5) is 0 Å². The molecule has 4 heteroatoms. The van der Waals surface area contributed by atoms with Crippen molar-refractivity contribution in [1.82, 2.24) is 15.1 Å². The van der Waals surface area contributed by atoms with E-state index in [-0.39, 0.29) is 0 Å². The molecule has 1 aliphatic rings. The zero-order valence-corrected chi connectivity index (χ0v) is 11.6. The van der Waals surface area contributed by atoms with Crippen LogP contribution in [-0.4, -0.2) is 22.9 Å². The number of piperidine rings is 1. The highest BCUT2D eigenvalue weighted by Crippen LogP contribution is 2.25. The van der Waals surface area contributed by atoms with Crippen LogP contribution in [-0.2, 0) is 6.42 Å². The second-order valence-electron chi connectivity index (χ2n) is 4.98. The van der Waals surface area contributed by atoms with Gasteiger partial charge >= 0.3 is 0 Å². The molecule has 0 spiro atoms. The van der Waals surface area contributed by atoms with Crippen molar-refractivity contribution in [2.45, 2.75) is 39.2 Å². The summed E-state index contributed by atoms with van der Waals surface area (Å²) in [6.45, 7) is 6.71. The third kappa shape index (κ3) is 2.66. The first-order valence-electron chi connectivity index (χ1n) is 6.11. The van der Waals surface area contributed by atoms with Crippen LogP contribution in [0.2, 0.25) is 0 Å². The van der Waals surface area contributed by atoms with Crippen LogP contribution in [0.15, 0.2) is 10.7 Å². The van der Waals surface area contributed by atoms with E-state index >= 15 is 0 Å². The molecule has 16 heavy (non-hydrogen) atoms. The van der Waals surface area contributed by atoms with Crippen molar-refractivity contribution in [3.63, 3.8) is 0 Å². The van der Waals surface area contributed by atoms with Crippen molar-refractivity contribution in [1.29, 1.82) is 0 Å². The smallest absolute Gasteiger partial charge is 0.0647 e. The molecule has 1 atom stereocenters. The second-order valence-corrected chi connectivity index (χ2v) is 5.84.